The normalized spacial score (nSPS) is 5.25. The van der Waals surface area contributed by atoms with Gasteiger partial charge in [0.2, 0.25) is 0 Å². The Hall–Kier alpha value is 1.68. The Morgan fingerprint density at radius 2 is 1.25 bits per heavy atom. The van der Waals surface area contributed by atoms with Crippen LogP contribution in [0.1, 0.15) is 13.8 Å². The molecule has 0 bridgehead atoms. The molecule has 50 valence electrons. The first-order valence-corrected chi connectivity index (χ1v) is 4.41. The van der Waals surface area contributed by atoms with Gasteiger partial charge < -0.3 is 24.8 Å². The van der Waals surface area contributed by atoms with E-state index in [4.69, 9.17) is 0 Å². The van der Waals surface area contributed by atoms with E-state index in [9.17, 15) is 0 Å². The number of hydrogen-bond acceptors (Lipinski definition) is 0. The van der Waals surface area contributed by atoms with Gasteiger partial charge in [0.15, 0.2) is 0 Å². The van der Waals surface area contributed by atoms with E-state index in [-0.39, 0.29) is 51.0 Å². The monoisotopic (exact) mass is 248 g/mol. The van der Waals surface area contributed by atoms with Gasteiger partial charge in [-0.05, 0) is 0 Å². The molecule has 0 heterocycles. The van der Waals surface area contributed by atoms with E-state index >= 15 is 0 Å². The van der Waals surface area contributed by atoms with Crippen LogP contribution in [0.15, 0.2) is 0 Å². The molecule has 0 aromatic heterocycles. The van der Waals surface area contributed by atoms with Crippen LogP contribution in [0.4, 0.5) is 0 Å². The molecule has 4 heteroatoms. The molecule has 0 aliphatic rings. The van der Waals surface area contributed by atoms with Crippen LogP contribution in [-0.4, -0.2) is 9.52 Å². The molecular weight excluding hydrogens is 238 g/mol. The number of rotatable bonds is 2. The van der Waals surface area contributed by atoms with Crippen LogP contribution in [0.3, 0.4) is 0 Å². The summed E-state index contributed by atoms with van der Waals surface area (Å²) in [6.45, 7) is 4.55. The van der Waals surface area contributed by atoms with Crippen LogP contribution in [0.5, 0.6) is 0 Å². The zero-order valence-electron chi connectivity index (χ0n) is 5.38. The molecule has 0 rings (SSSR count). The smallest absolute Gasteiger partial charge is 1.00 e. The summed E-state index contributed by atoms with van der Waals surface area (Å²) in [5, 5.41) is 0. The predicted molar refractivity (Wildman–Crippen MR) is 29.5 cm³/mol. The van der Waals surface area contributed by atoms with Crippen molar-refractivity contribution in [1.82, 2.24) is 0 Å². The third kappa shape index (κ3) is 25.3. The van der Waals surface area contributed by atoms with Gasteiger partial charge in [-0.1, -0.05) is 25.9 Å². The number of hydrogen-bond donors (Lipinski definition) is 0. The van der Waals surface area contributed by atoms with Crippen LogP contribution in [-0.2, 0) is 26.2 Å². The fraction of sp³-hybridized carbons (Fsp3) is 1.00. The van der Waals surface area contributed by atoms with E-state index in [1.807, 2.05) is 0 Å². The molecule has 0 amide bonds. The van der Waals surface area contributed by atoms with Gasteiger partial charge in [-0.15, -0.1) is 0 Å². The van der Waals surface area contributed by atoms with Gasteiger partial charge in [0, 0.05) is 9.52 Å². The summed E-state index contributed by atoms with van der Waals surface area (Å²) in [7, 11) is 0.432. The van der Waals surface area contributed by atoms with Crippen LogP contribution in [0.25, 0.3) is 0 Å². The Morgan fingerprint density at radius 1 is 1.00 bits per heavy atom. The summed E-state index contributed by atoms with van der Waals surface area (Å²) < 4.78 is 0. The van der Waals surface area contributed by atoms with Crippen molar-refractivity contribution in [1.29, 1.82) is 0 Å². The van der Waals surface area contributed by atoms with E-state index in [1.165, 1.54) is 12.1 Å². The fourth-order valence-corrected chi connectivity index (χ4v) is 1.06. The van der Waals surface area contributed by atoms with E-state index in [2.05, 4.69) is 13.8 Å². The van der Waals surface area contributed by atoms with Gasteiger partial charge >= 0.3 is 26.2 Å². The third-order valence-corrected chi connectivity index (χ3v) is 2.12. The Kier molecular flexibility index (Phi) is 66.1. The van der Waals surface area contributed by atoms with Crippen LogP contribution >= 0.6 is 0 Å². The summed E-state index contributed by atoms with van der Waals surface area (Å²) >= 11 is 0. The maximum absolute atomic E-state index is 2.27. The molecule has 0 saturated heterocycles. The Balaban J connectivity index is -0.0000000267. The first-order valence-electron chi connectivity index (χ1n) is 2.41. The van der Waals surface area contributed by atoms with E-state index < -0.39 is 0 Å². The molecule has 0 N–H and O–H groups in total. The molecule has 0 aromatic carbocycles. The van der Waals surface area contributed by atoms with E-state index in [0.717, 1.165) is 0 Å². The van der Waals surface area contributed by atoms with Gasteiger partial charge in [0.25, 0.3) is 0 Å². The second-order valence-corrected chi connectivity index (χ2v) is 4.06. The van der Waals surface area contributed by atoms with Gasteiger partial charge in [0.1, 0.15) is 0 Å². The summed E-state index contributed by atoms with van der Waals surface area (Å²) in [4.78, 5) is 0. The minimum atomic E-state index is 0. The van der Waals surface area contributed by atoms with Crippen LogP contribution in [0, 0.1) is 0 Å². The molecule has 8 heavy (non-hydrogen) atoms. The van der Waals surface area contributed by atoms with Crippen molar-refractivity contribution in [2.24, 2.45) is 0 Å². The van der Waals surface area contributed by atoms with Crippen molar-refractivity contribution in [2.45, 2.75) is 25.9 Å². The fourth-order valence-electron chi connectivity index (χ4n) is 0.354. The number of halogens is 2. The molecule has 0 radical (unpaired) electrons. The minimum absolute atomic E-state index is 0. The zero-order chi connectivity index (χ0) is 4.12. The molecule has 0 atom stereocenters. The second-order valence-electron chi connectivity index (χ2n) is 1.35. The molecule has 0 spiro atoms. The summed E-state index contributed by atoms with van der Waals surface area (Å²) in [6, 6.07) is 2.97. The zero-order valence-corrected chi connectivity index (χ0v) is 10.8. The van der Waals surface area contributed by atoms with Gasteiger partial charge in [-0.3, -0.25) is 0 Å². The van der Waals surface area contributed by atoms with Gasteiger partial charge in [-0.2, -0.15) is 0 Å². The quantitative estimate of drug-likeness (QED) is 0.431. The van der Waals surface area contributed by atoms with Crippen molar-refractivity contribution in [2.75, 3.05) is 0 Å². The standard InChI is InChI=1S/C4H12Si.2ClH.Zr/c1-3-5-4-2;;;/h3-5H2,1-2H3;2*1H;/q;;;+2/p-2. The largest absolute Gasteiger partial charge is 2.00 e. The third-order valence-electron chi connectivity index (χ3n) is 0.707. The molecule has 0 aliphatic heterocycles. The molecule has 0 nitrogen and oxygen atoms in total. The SMILES string of the molecule is CC[SiH2]CC.[Cl-].[Cl-].[Zr+2]. The Morgan fingerprint density at radius 3 is 1.25 bits per heavy atom. The molecule has 0 aliphatic carbocycles. The van der Waals surface area contributed by atoms with Crippen molar-refractivity contribution >= 4 is 9.52 Å². The van der Waals surface area contributed by atoms with Crippen molar-refractivity contribution in [3.8, 4) is 0 Å². The Bertz CT molecular complexity index is 21.5. The van der Waals surface area contributed by atoms with Crippen molar-refractivity contribution in [3.63, 3.8) is 0 Å². The summed E-state index contributed by atoms with van der Waals surface area (Å²) in [5.74, 6) is 0. The molecular formula is C4H12Cl2SiZr. The van der Waals surface area contributed by atoms with Crippen molar-refractivity contribution < 1.29 is 51.0 Å². The van der Waals surface area contributed by atoms with Crippen LogP contribution in [0.2, 0.25) is 12.1 Å². The second kappa shape index (κ2) is 23.4. The average Bonchev–Trinajstić information content (AvgIpc) is 1.41. The first-order chi connectivity index (χ1) is 2.41. The van der Waals surface area contributed by atoms with E-state index in [1.54, 1.807) is 0 Å². The van der Waals surface area contributed by atoms with E-state index in [0.29, 0.717) is 9.52 Å². The average molecular weight is 250 g/mol. The van der Waals surface area contributed by atoms with Gasteiger partial charge in [-0.25, -0.2) is 0 Å². The summed E-state index contributed by atoms with van der Waals surface area (Å²) in [5.41, 5.74) is 0. The molecule has 0 fully saturated rings. The van der Waals surface area contributed by atoms with Gasteiger partial charge in [0.05, 0.1) is 0 Å². The maximum atomic E-state index is 2.27. The summed E-state index contributed by atoms with van der Waals surface area (Å²) in [6.07, 6.45) is 0. The molecule has 0 aromatic rings. The Labute approximate surface area is 86.0 Å². The topological polar surface area (TPSA) is 0 Å². The van der Waals surface area contributed by atoms with Crippen molar-refractivity contribution in [3.05, 3.63) is 0 Å². The molecule has 0 saturated carbocycles. The van der Waals surface area contributed by atoms with Crippen LogP contribution < -0.4 is 24.8 Å². The first kappa shape index (κ1) is 22.6. The predicted octanol–water partition coefficient (Wildman–Crippen LogP) is -4.96. The minimum Gasteiger partial charge on any atom is -1.00 e. The molecule has 0 unspecified atom stereocenters. The maximum Gasteiger partial charge on any atom is 2.00 e.